The number of piperazine rings is 1. The van der Waals surface area contributed by atoms with Crippen LogP contribution in [0.3, 0.4) is 0 Å². The van der Waals surface area contributed by atoms with Crippen molar-refractivity contribution in [3.05, 3.63) is 28.4 Å². The first kappa shape index (κ1) is 12.3. The highest BCUT2D eigenvalue weighted by Crippen LogP contribution is 2.23. The Morgan fingerprint density at radius 2 is 2.05 bits per heavy atom. The largest absolute Gasteiger partial charge is 0.353 e. The van der Waals surface area contributed by atoms with Gasteiger partial charge in [0.2, 0.25) is 0 Å². The van der Waals surface area contributed by atoms with Crippen LogP contribution in [0, 0.1) is 10.1 Å². The normalized spacial score (nSPS) is 21.2. The zero-order valence-corrected chi connectivity index (χ0v) is 10.7. The minimum absolute atomic E-state index is 0.0444. The minimum Gasteiger partial charge on any atom is -0.353 e. The van der Waals surface area contributed by atoms with Gasteiger partial charge in [-0.05, 0) is 6.07 Å². The second-order valence-corrected chi connectivity index (χ2v) is 4.98. The Labute approximate surface area is 111 Å². The molecule has 1 aromatic rings. The van der Waals surface area contributed by atoms with Crippen molar-refractivity contribution in [1.82, 2.24) is 15.2 Å². The second kappa shape index (κ2) is 5.10. The number of hydrogen-bond acceptors (Lipinski definition) is 6. The lowest BCUT2D eigenvalue weighted by Crippen LogP contribution is -2.63. The van der Waals surface area contributed by atoms with Crippen LogP contribution >= 0.6 is 0 Å². The fraction of sp³-hybridized carbons (Fsp3) is 0.583. The first-order chi connectivity index (χ1) is 9.24. The molecule has 7 nitrogen and oxygen atoms in total. The summed E-state index contributed by atoms with van der Waals surface area (Å²) >= 11 is 0. The Morgan fingerprint density at radius 1 is 1.32 bits per heavy atom. The van der Waals surface area contributed by atoms with Gasteiger partial charge in [-0.1, -0.05) is 0 Å². The number of pyridine rings is 1. The van der Waals surface area contributed by atoms with Crippen molar-refractivity contribution < 1.29 is 4.92 Å². The third kappa shape index (κ3) is 2.52. The predicted octanol–water partition coefficient (Wildman–Crippen LogP) is 0.0836. The van der Waals surface area contributed by atoms with Gasteiger partial charge in [0.25, 0.3) is 5.69 Å². The van der Waals surface area contributed by atoms with Gasteiger partial charge in [0.15, 0.2) is 0 Å². The van der Waals surface area contributed by atoms with Gasteiger partial charge < -0.3 is 10.2 Å². The Morgan fingerprint density at radius 3 is 2.63 bits per heavy atom. The highest BCUT2D eigenvalue weighted by molar-refractivity contribution is 5.45. The van der Waals surface area contributed by atoms with Gasteiger partial charge >= 0.3 is 0 Å². The molecule has 0 saturated carbocycles. The van der Waals surface area contributed by atoms with Crippen LogP contribution < -0.4 is 10.2 Å². The summed E-state index contributed by atoms with van der Waals surface area (Å²) in [5.74, 6) is 0.831. The van der Waals surface area contributed by atoms with Crippen LogP contribution in [0.4, 0.5) is 11.5 Å². The maximum atomic E-state index is 10.6. The fourth-order valence-electron chi connectivity index (χ4n) is 2.59. The number of nitrogens with zero attached hydrogens (tertiary/aromatic N) is 4. The molecular formula is C12H17N5O2. The monoisotopic (exact) mass is 263 g/mol. The molecule has 2 aliphatic rings. The van der Waals surface area contributed by atoms with E-state index >= 15 is 0 Å². The maximum absolute atomic E-state index is 10.6. The molecule has 1 aromatic heterocycles. The van der Waals surface area contributed by atoms with Crippen molar-refractivity contribution in [3.63, 3.8) is 0 Å². The SMILES string of the molecule is O=[N+]([O-])c1ccc(N2CC(N3CCNCC3)C2)nc1. The molecule has 2 saturated heterocycles. The first-order valence-corrected chi connectivity index (χ1v) is 6.54. The number of anilines is 1. The third-order valence-corrected chi connectivity index (χ3v) is 3.80. The molecular weight excluding hydrogens is 246 g/mol. The minimum atomic E-state index is -0.420. The van der Waals surface area contributed by atoms with E-state index in [2.05, 4.69) is 20.1 Å². The van der Waals surface area contributed by atoms with E-state index in [1.165, 1.54) is 12.3 Å². The molecule has 2 aliphatic heterocycles. The van der Waals surface area contributed by atoms with E-state index < -0.39 is 4.92 Å². The predicted molar refractivity (Wildman–Crippen MR) is 71.3 cm³/mol. The molecule has 7 heteroatoms. The third-order valence-electron chi connectivity index (χ3n) is 3.80. The molecule has 102 valence electrons. The van der Waals surface area contributed by atoms with E-state index in [9.17, 15) is 10.1 Å². The first-order valence-electron chi connectivity index (χ1n) is 6.54. The summed E-state index contributed by atoms with van der Waals surface area (Å²) in [6.07, 6.45) is 1.33. The van der Waals surface area contributed by atoms with E-state index in [0.717, 1.165) is 45.1 Å². The van der Waals surface area contributed by atoms with E-state index in [-0.39, 0.29) is 5.69 Å². The lowest BCUT2D eigenvalue weighted by atomic mass is 10.1. The topological polar surface area (TPSA) is 74.5 Å². The number of rotatable bonds is 3. The number of aromatic nitrogens is 1. The van der Waals surface area contributed by atoms with E-state index in [0.29, 0.717) is 6.04 Å². The highest BCUT2D eigenvalue weighted by atomic mass is 16.6. The van der Waals surface area contributed by atoms with Crippen molar-refractivity contribution in [1.29, 1.82) is 0 Å². The van der Waals surface area contributed by atoms with Crippen molar-refractivity contribution in [3.8, 4) is 0 Å². The number of nitro groups is 1. The molecule has 0 aliphatic carbocycles. The molecule has 0 bridgehead atoms. The van der Waals surface area contributed by atoms with Crippen LogP contribution in [0.5, 0.6) is 0 Å². The van der Waals surface area contributed by atoms with E-state index in [1.54, 1.807) is 6.07 Å². The van der Waals surface area contributed by atoms with Crippen molar-refractivity contribution >= 4 is 11.5 Å². The summed E-state index contributed by atoms with van der Waals surface area (Å²) in [5, 5.41) is 13.9. The number of hydrogen-bond donors (Lipinski definition) is 1. The molecule has 0 radical (unpaired) electrons. The van der Waals surface area contributed by atoms with Gasteiger partial charge in [-0.2, -0.15) is 0 Å². The fourth-order valence-corrected chi connectivity index (χ4v) is 2.59. The summed E-state index contributed by atoms with van der Waals surface area (Å²) in [6.45, 7) is 6.26. The summed E-state index contributed by atoms with van der Waals surface area (Å²) in [5.41, 5.74) is 0.0444. The lowest BCUT2D eigenvalue weighted by molar-refractivity contribution is -0.385. The van der Waals surface area contributed by atoms with Gasteiger partial charge in [-0.15, -0.1) is 0 Å². The van der Waals surface area contributed by atoms with Crippen LogP contribution in [0.2, 0.25) is 0 Å². The summed E-state index contributed by atoms with van der Waals surface area (Å²) in [6, 6.07) is 3.84. The van der Waals surface area contributed by atoms with Gasteiger partial charge in [0.1, 0.15) is 12.0 Å². The molecule has 1 N–H and O–H groups in total. The molecule has 0 atom stereocenters. The summed E-state index contributed by atoms with van der Waals surface area (Å²) in [7, 11) is 0. The van der Waals surface area contributed by atoms with Crippen LogP contribution in [0.25, 0.3) is 0 Å². The Hall–Kier alpha value is -1.73. The van der Waals surface area contributed by atoms with Crippen molar-refractivity contribution in [2.24, 2.45) is 0 Å². The quantitative estimate of drug-likeness (QED) is 0.615. The van der Waals surface area contributed by atoms with Crippen LogP contribution in [-0.4, -0.2) is 60.1 Å². The van der Waals surface area contributed by atoms with Crippen LogP contribution in [0.15, 0.2) is 18.3 Å². The average Bonchev–Trinajstić information content (AvgIpc) is 2.39. The molecule has 3 heterocycles. The maximum Gasteiger partial charge on any atom is 0.287 e. The van der Waals surface area contributed by atoms with E-state index in [4.69, 9.17) is 0 Å². The zero-order valence-electron chi connectivity index (χ0n) is 10.7. The summed E-state index contributed by atoms with van der Waals surface area (Å²) < 4.78 is 0. The van der Waals surface area contributed by atoms with Crippen LogP contribution in [0.1, 0.15) is 0 Å². The molecule has 19 heavy (non-hydrogen) atoms. The molecule has 3 rings (SSSR count). The average molecular weight is 263 g/mol. The number of nitrogens with one attached hydrogen (secondary N) is 1. The van der Waals surface area contributed by atoms with Crippen molar-refractivity contribution in [2.45, 2.75) is 6.04 Å². The van der Waals surface area contributed by atoms with Crippen molar-refractivity contribution in [2.75, 3.05) is 44.2 Å². The van der Waals surface area contributed by atoms with Gasteiger partial charge in [0, 0.05) is 51.4 Å². The smallest absolute Gasteiger partial charge is 0.287 e. The van der Waals surface area contributed by atoms with E-state index in [1.807, 2.05) is 0 Å². The Bertz CT molecular complexity index is 452. The molecule has 0 amide bonds. The van der Waals surface area contributed by atoms with Gasteiger partial charge in [-0.3, -0.25) is 15.0 Å². The van der Waals surface area contributed by atoms with Gasteiger partial charge in [-0.25, -0.2) is 4.98 Å². The van der Waals surface area contributed by atoms with Gasteiger partial charge in [0.05, 0.1) is 4.92 Å². The molecule has 0 spiro atoms. The lowest BCUT2D eigenvalue weighted by Gasteiger charge is -2.47. The zero-order chi connectivity index (χ0) is 13.2. The highest BCUT2D eigenvalue weighted by Gasteiger charge is 2.33. The molecule has 2 fully saturated rings. The Kier molecular flexibility index (Phi) is 3.31. The standard InChI is InChI=1S/C12H17N5O2/c18-17(19)10-1-2-12(14-7-10)16-8-11(9-16)15-5-3-13-4-6-15/h1-2,7,11,13H,3-6,8-9H2. The molecule has 0 unspecified atom stereocenters. The Balaban J connectivity index is 1.56. The molecule has 0 aromatic carbocycles. The summed E-state index contributed by atoms with van der Waals surface area (Å²) in [4.78, 5) is 19.0. The second-order valence-electron chi connectivity index (χ2n) is 4.98. The van der Waals surface area contributed by atoms with Crippen LogP contribution in [-0.2, 0) is 0 Å².